The van der Waals surface area contributed by atoms with Crippen LogP contribution in [0.2, 0.25) is 0 Å². The van der Waals surface area contributed by atoms with E-state index in [1.54, 1.807) is 0 Å². The minimum atomic E-state index is -3.80. The number of imidazole rings is 1. The molecule has 1 aromatic heterocycles. The largest absolute Gasteiger partial charge is 0.480 e. The number of nitrogens with one attached hydrogen (secondary N) is 4. The number of rotatable bonds is 22. The van der Waals surface area contributed by atoms with E-state index in [0.29, 0.717) is 25.1 Å². The van der Waals surface area contributed by atoms with Crippen LogP contribution in [-0.2, 0) is 58.5 Å². The van der Waals surface area contributed by atoms with Gasteiger partial charge in [-0.25, -0.2) is 23.9 Å². The Morgan fingerprint density at radius 3 is 2.30 bits per heavy atom. The molecule has 0 aromatic carbocycles. The first-order valence-corrected chi connectivity index (χ1v) is 17.0. The van der Waals surface area contributed by atoms with Gasteiger partial charge in [-0.1, -0.05) is 0 Å². The standard InChI is InChI=1S/C28H45N8O13P/c1-35(2)50(46,36(3)4)49-25-23(41)24(48-28(25)45)19(14-37)47-22(40)9-8-20(38)31-13-21(39)33-17(7-5-6-10-29)26(42)34-18(27(43)44)11-16-12-30-15-32-16/h12,15,17-19,24-25,37H,5-11,13-14,29H2,1-4H3,(H,30,32)(H,31,38)(H,33,39)(H,34,42)(H,43,44)/t17-,18-,19?,24?,25?/m0/s1. The summed E-state index contributed by atoms with van der Waals surface area (Å²) in [6.45, 7) is -1.21. The second-order valence-electron chi connectivity index (χ2n) is 11.5. The molecule has 8 N–H and O–H groups in total. The Hall–Kier alpha value is -4.27. The molecule has 0 radical (unpaired) electrons. The molecule has 1 fully saturated rings. The molecule has 1 aliphatic rings. The van der Waals surface area contributed by atoms with Crippen LogP contribution in [0.3, 0.4) is 0 Å². The number of H-pyrrole nitrogens is 1. The summed E-state index contributed by atoms with van der Waals surface area (Å²) < 4.78 is 30.8. The number of hydrogen-bond acceptors (Lipinski definition) is 14. The maximum absolute atomic E-state index is 13.1. The number of ether oxygens (including phenoxy) is 2. The number of amides is 3. The molecule has 280 valence electrons. The van der Waals surface area contributed by atoms with Crippen molar-refractivity contribution in [2.75, 3.05) is 47.9 Å². The van der Waals surface area contributed by atoms with Gasteiger partial charge in [0.1, 0.15) is 12.1 Å². The number of cyclic esters (lactones) is 1. The lowest BCUT2D eigenvalue weighted by atomic mass is 10.1. The van der Waals surface area contributed by atoms with Crippen molar-refractivity contribution >= 4 is 49.1 Å². The number of aliphatic hydroxyl groups excluding tert-OH is 1. The topological polar surface area (TPSA) is 302 Å². The van der Waals surface area contributed by atoms with Crippen LogP contribution in [0.4, 0.5) is 0 Å². The summed E-state index contributed by atoms with van der Waals surface area (Å²) >= 11 is 0. The van der Waals surface area contributed by atoms with E-state index in [1.807, 2.05) is 0 Å². The number of Topliss-reactive ketones (excluding diaryl/α,β-unsaturated/α-hetero) is 1. The van der Waals surface area contributed by atoms with Crippen LogP contribution in [0.25, 0.3) is 0 Å². The Kier molecular flexibility index (Phi) is 16.6. The Labute approximate surface area is 287 Å². The summed E-state index contributed by atoms with van der Waals surface area (Å²) in [5, 5.41) is 26.4. The second-order valence-corrected chi connectivity index (χ2v) is 14.3. The monoisotopic (exact) mass is 732 g/mol. The van der Waals surface area contributed by atoms with E-state index in [-0.39, 0.29) is 12.8 Å². The zero-order valence-electron chi connectivity index (χ0n) is 28.2. The number of nitrogens with two attached hydrogens (primary N) is 1. The summed E-state index contributed by atoms with van der Waals surface area (Å²) in [7, 11) is 1.84. The van der Waals surface area contributed by atoms with Crippen LogP contribution in [-0.4, -0.2) is 149 Å². The molecule has 0 spiro atoms. The van der Waals surface area contributed by atoms with Crippen LogP contribution in [0.15, 0.2) is 12.5 Å². The smallest absolute Gasteiger partial charge is 0.346 e. The second kappa shape index (κ2) is 19.8. The van der Waals surface area contributed by atoms with Gasteiger partial charge in [0.2, 0.25) is 35.7 Å². The molecule has 3 amide bonds. The van der Waals surface area contributed by atoms with Crippen molar-refractivity contribution in [1.82, 2.24) is 35.3 Å². The first-order chi connectivity index (χ1) is 23.5. The van der Waals surface area contributed by atoms with Crippen molar-refractivity contribution in [1.29, 1.82) is 0 Å². The number of carboxylic acid groups (broad SMARTS) is 1. The van der Waals surface area contributed by atoms with Crippen LogP contribution in [0.5, 0.6) is 0 Å². The van der Waals surface area contributed by atoms with E-state index >= 15 is 0 Å². The molecular weight excluding hydrogens is 687 g/mol. The van der Waals surface area contributed by atoms with Gasteiger partial charge in [0.25, 0.3) is 0 Å². The summed E-state index contributed by atoms with van der Waals surface area (Å²) in [4.78, 5) is 93.9. The molecule has 0 bridgehead atoms. The third-order valence-electron chi connectivity index (χ3n) is 7.24. The van der Waals surface area contributed by atoms with Gasteiger partial charge in [0.05, 0.1) is 25.9 Å². The lowest BCUT2D eigenvalue weighted by Crippen LogP contribution is -2.53. The number of carbonyl (C=O) groups excluding carboxylic acids is 6. The van der Waals surface area contributed by atoms with Gasteiger partial charge in [-0.05, 0) is 54.0 Å². The number of esters is 2. The summed E-state index contributed by atoms with van der Waals surface area (Å²) in [6.07, 6.45) is -2.60. The zero-order valence-corrected chi connectivity index (χ0v) is 29.1. The molecule has 21 nitrogen and oxygen atoms in total. The maximum atomic E-state index is 13.1. The number of carboxylic acids is 1. The summed E-state index contributed by atoms with van der Waals surface area (Å²) in [6, 6.07) is -2.46. The number of aromatic amines is 1. The van der Waals surface area contributed by atoms with Crippen LogP contribution in [0, 0.1) is 0 Å². The summed E-state index contributed by atoms with van der Waals surface area (Å²) in [5.41, 5.74) is 5.99. The molecule has 2 heterocycles. The molecule has 1 aliphatic heterocycles. The van der Waals surface area contributed by atoms with E-state index in [4.69, 9.17) is 19.7 Å². The Morgan fingerprint density at radius 2 is 1.74 bits per heavy atom. The van der Waals surface area contributed by atoms with Crippen molar-refractivity contribution in [3.8, 4) is 0 Å². The zero-order chi connectivity index (χ0) is 37.6. The number of aromatic nitrogens is 2. The predicted octanol–water partition coefficient (Wildman–Crippen LogP) is -2.95. The van der Waals surface area contributed by atoms with Crippen LogP contribution < -0.4 is 21.7 Å². The highest BCUT2D eigenvalue weighted by Gasteiger charge is 2.52. The number of aliphatic hydroxyl groups is 1. The minimum Gasteiger partial charge on any atom is -0.480 e. The number of unbranched alkanes of at least 4 members (excludes halogenated alkanes) is 1. The van der Waals surface area contributed by atoms with Crippen LogP contribution in [0.1, 0.15) is 37.8 Å². The lowest BCUT2D eigenvalue weighted by molar-refractivity contribution is -0.166. The molecule has 50 heavy (non-hydrogen) atoms. The first-order valence-electron chi connectivity index (χ1n) is 15.5. The fraction of sp³-hybridized carbons (Fsp3) is 0.643. The average Bonchev–Trinajstić information content (AvgIpc) is 3.67. The third-order valence-corrected chi connectivity index (χ3v) is 9.75. The van der Waals surface area contributed by atoms with Crippen LogP contribution >= 0.6 is 7.67 Å². The fourth-order valence-electron chi connectivity index (χ4n) is 4.55. The highest BCUT2D eigenvalue weighted by atomic mass is 31.2. The predicted molar refractivity (Wildman–Crippen MR) is 171 cm³/mol. The van der Waals surface area contributed by atoms with Gasteiger partial charge >= 0.3 is 25.6 Å². The molecule has 0 saturated carbocycles. The third kappa shape index (κ3) is 12.3. The minimum absolute atomic E-state index is 0.0874. The van der Waals surface area contributed by atoms with Crippen molar-refractivity contribution in [3.63, 3.8) is 0 Å². The number of nitrogens with zero attached hydrogens (tertiary/aromatic N) is 3. The van der Waals surface area contributed by atoms with Crippen molar-refractivity contribution < 1.29 is 62.3 Å². The maximum Gasteiger partial charge on any atom is 0.346 e. The lowest BCUT2D eigenvalue weighted by Gasteiger charge is -2.30. The number of aliphatic carboxylic acids is 1. The molecule has 22 heteroatoms. The van der Waals surface area contributed by atoms with Gasteiger partial charge in [-0.2, -0.15) is 0 Å². The highest BCUT2D eigenvalue weighted by Crippen LogP contribution is 2.52. The first kappa shape index (κ1) is 41.9. The van der Waals surface area contributed by atoms with E-state index in [9.17, 15) is 48.3 Å². The van der Waals surface area contributed by atoms with Crippen molar-refractivity contribution in [2.45, 2.75) is 68.9 Å². The molecule has 0 aliphatic carbocycles. The summed E-state index contributed by atoms with van der Waals surface area (Å²) in [5.74, 6) is -6.88. The van der Waals surface area contributed by atoms with Gasteiger partial charge < -0.3 is 46.4 Å². The van der Waals surface area contributed by atoms with E-state index < -0.39 is 105 Å². The highest BCUT2D eigenvalue weighted by molar-refractivity contribution is 7.53. The molecule has 1 aromatic rings. The molecule has 3 unspecified atom stereocenters. The molecular formula is C28H45N8O13P. The van der Waals surface area contributed by atoms with Gasteiger partial charge in [0.15, 0.2) is 6.10 Å². The van der Waals surface area contributed by atoms with Gasteiger partial charge in [0, 0.05) is 24.7 Å². The average molecular weight is 733 g/mol. The Balaban J connectivity index is 1.89. The molecule has 1 saturated heterocycles. The molecule has 5 atom stereocenters. The number of carbonyl (C=O) groups is 7. The number of hydrogen-bond donors (Lipinski definition) is 7. The normalized spacial score (nSPS) is 17.9. The van der Waals surface area contributed by atoms with Gasteiger partial charge in [-0.15, -0.1) is 0 Å². The Morgan fingerprint density at radius 1 is 1.06 bits per heavy atom. The quantitative estimate of drug-likeness (QED) is 0.0271. The van der Waals surface area contributed by atoms with E-state index in [1.165, 1.54) is 50.1 Å². The molecule has 2 rings (SSSR count). The SMILES string of the molecule is CN(C)P(=O)(OC1C(=O)OC(C(CO)OC(=O)CCC(=O)NCC(=O)N[C@@H](CCCCN)C(=O)N[C@@H](Cc2cnc[nH]2)C(=O)O)C1=O)N(C)C. The Bertz CT molecular complexity index is 1400. The van der Waals surface area contributed by atoms with E-state index in [2.05, 4.69) is 25.9 Å². The van der Waals surface area contributed by atoms with Crippen molar-refractivity contribution in [3.05, 3.63) is 18.2 Å². The van der Waals surface area contributed by atoms with Crippen molar-refractivity contribution in [2.24, 2.45) is 5.73 Å². The van der Waals surface area contributed by atoms with E-state index in [0.717, 1.165) is 0 Å². The fourth-order valence-corrected chi connectivity index (χ4v) is 6.11. The van der Waals surface area contributed by atoms with Gasteiger partial charge in [-0.3, -0.25) is 33.1 Å². The number of ketones is 1.